The van der Waals surface area contributed by atoms with Crippen molar-refractivity contribution in [3.8, 4) is 11.4 Å². The molecule has 56 valence electrons. The average molecular weight is 217 g/mol. The van der Waals surface area contributed by atoms with Crippen molar-refractivity contribution in [1.29, 1.82) is 0 Å². The van der Waals surface area contributed by atoms with E-state index in [0.717, 1.165) is 0 Å². The molecule has 2 aliphatic heterocycles. The third-order valence-electron chi connectivity index (χ3n) is 1.34. The summed E-state index contributed by atoms with van der Waals surface area (Å²) in [6.07, 6.45) is -0.541. The number of fused-ring (bicyclic) bond motifs is 1. The fourth-order valence-electron chi connectivity index (χ4n) is 0.854. The first kappa shape index (κ1) is 2.90. The molecule has 0 atom stereocenters. The number of hydrogen-bond acceptors (Lipinski definition) is 1. The summed E-state index contributed by atoms with van der Waals surface area (Å²) in [5.74, 6) is 0.133. The van der Waals surface area contributed by atoms with Crippen LogP contribution in [-0.2, 0) is 0 Å². The molecular weight excluding hydrogens is 204 g/mol. The van der Waals surface area contributed by atoms with Crippen molar-refractivity contribution in [1.82, 2.24) is 9.97 Å². The normalized spacial score (nSPS) is 19.7. The van der Waals surface area contributed by atoms with Gasteiger partial charge >= 0.3 is 0 Å². The Bertz CT molecular complexity index is 561. The Morgan fingerprint density at radius 3 is 3.55 bits per heavy atom. The molecule has 2 heterocycles. The Labute approximate surface area is 81.6 Å². The Balaban J connectivity index is 2.89. The Kier molecular flexibility index (Phi) is 0.617. The van der Waals surface area contributed by atoms with E-state index in [1.165, 1.54) is 0 Å². The summed E-state index contributed by atoms with van der Waals surface area (Å²) in [6.45, 7) is -2.47. The highest BCUT2D eigenvalue weighted by atomic mass is 79.9. The molecule has 0 saturated carbocycles. The van der Waals surface area contributed by atoms with E-state index in [0.29, 0.717) is 0 Å². The molecule has 0 fully saturated rings. The van der Waals surface area contributed by atoms with Crippen molar-refractivity contribution in [2.45, 2.75) is 6.85 Å². The summed E-state index contributed by atoms with van der Waals surface area (Å²) < 4.78 is 44.9. The standard InChI is InChI=1S/C8H7BrN2/c1-5-4-11-8-7(5)6(9)2-3-10-8/h2-4H,1H3,(H,10,11)/i1D3,2D,3D,4D. The Morgan fingerprint density at radius 2 is 2.73 bits per heavy atom. The third kappa shape index (κ3) is 0.959. The zero-order valence-electron chi connectivity index (χ0n) is 11.3. The predicted octanol–water partition coefficient (Wildman–Crippen LogP) is 2.59. The van der Waals surface area contributed by atoms with Crippen LogP contribution in [0.2, 0.25) is 0 Å². The number of halogens is 1. The van der Waals surface area contributed by atoms with Crippen LogP contribution in [0.1, 0.15) is 13.8 Å². The zero-order valence-corrected chi connectivity index (χ0v) is 6.91. The van der Waals surface area contributed by atoms with Gasteiger partial charge in [-0.05, 0) is 34.4 Å². The second-order valence-electron chi connectivity index (χ2n) is 2.01. The quantitative estimate of drug-likeness (QED) is 0.721. The highest BCUT2D eigenvalue weighted by molar-refractivity contribution is 9.10. The minimum atomic E-state index is -2.47. The van der Waals surface area contributed by atoms with E-state index >= 15 is 0 Å². The lowest BCUT2D eigenvalue weighted by molar-refractivity contribution is 1.23. The van der Waals surface area contributed by atoms with E-state index in [9.17, 15) is 0 Å². The number of H-pyrrole nitrogens is 1. The van der Waals surface area contributed by atoms with Crippen molar-refractivity contribution < 1.29 is 8.22 Å². The molecule has 0 bridgehead atoms. The molecule has 0 aromatic heterocycles. The van der Waals surface area contributed by atoms with Crippen LogP contribution in [0.4, 0.5) is 0 Å². The number of rotatable bonds is 0. The molecule has 2 nitrogen and oxygen atoms in total. The van der Waals surface area contributed by atoms with Crippen LogP contribution in [0.5, 0.6) is 0 Å². The van der Waals surface area contributed by atoms with Gasteiger partial charge in [-0.2, -0.15) is 0 Å². The summed E-state index contributed by atoms with van der Waals surface area (Å²) in [4.78, 5) is 6.26. The molecule has 0 amide bonds. The first-order valence-electron chi connectivity index (χ1n) is 5.89. The summed E-state index contributed by atoms with van der Waals surface area (Å²) >= 11 is 3.09. The SMILES string of the molecule is [2H]c1nc2[nH]c([2H])c([2H])c(Br)c-2c1C([2H])([2H])[2H]. The topological polar surface area (TPSA) is 28.7 Å². The van der Waals surface area contributed by atoms with Crippen LogP contribution in [0.25, 0.3) is 11.4 Å². The Hall–Kier alpha value is -0.830. The fourth-order valence-corrected chi connectivity index (χ4v) is 1.34. The second-order valence-corrected chi connectivity index (χ2v) is 2.80. The maximum Gasteiger partial charge on any atom is 0.138 e. The first-order chi connectivity index (χ1) is 7.73. The van der Waals surface area contributed by atoms with Gasteiger partial charge in [0, 0.05) is 26.5 Å². The van der Waals surface area contributed by atoms with Gasteiger partial charge in [0.05, 0.1) is 4.11 Å². The zero-order chi connectivity index (χ0) is 13.0. The summed E-state index contributed by atoms with van der Waals surface area (Å²) in [5.41, 5.74) is -0.0277. The summed E-state index contributed by atoms with van der Waals surface area (Å²) in [7, 11) is 0. The molecule has 0 spiro atoms. The number of aromatic nitrogens is 2. The molecule has 0 radical (unpaired) electrons. The van der Waals surface area contributed by atoms with Crippen LogP contribution in [0.3, 0.4) is 0 Å². The lowest BCUT2D eigenvalue weighted by Crippen LogP contribution is -1.83. The van der Waals surface area contributed by atoms with Crippen molar-refractivity contribution in [2.75, 3.05) is 0 Å². The van der Waals surface area contributed by atoms with Crippen molar-refractivity contribution >= 4 is 15.9 Å². The molecule has 0 aliphatic carbocycles. The van der Waals surface area contributed by atoms with E-state index in [1.54, 1.807) is 0 Å². The molecule has 0 unspecified atom stereocenters. The van der Waals surface area contributed by atoms with Crippen LogP contribution in [0, 0.1) is 6.85 Å². The van der Waals surface area contributed by atoms with Gasteiger partial charge in [0.2, 0.25) is 0 Å². The van der Waals surface area contributed by atoms with Gasteiger partial charge in [0.25, 0.3) is 0 Å². The summed E-state index contributed by atoms with van der Waals surface area (Å²) in [6, 6.07) is -0.157. The number of hydrogen-bond donors (Lipinski definition) is 1. The van der Waals surface area contributed by atoms with Crippen LogP contribution < -0.4 is 0 Å². The number of aromatic amines is 1. The fraction of sp³-hybridized carbons (Fsp3) is 0.125. The minimum Gasteiger partial charge on any atom is -0.346 e. The van der Waals surface area contributed by atoms with E-state index < -0.39 is 6.85 Å². The molecule has 11 heavy (non-hydrogen) atoms. The van der Waals surface area contributed by atoms with E-state index in [4.69, 9.17) is 8.22 Å². The highest BCUT2D eigenvalue weighted by Gasteiger charge is 2.10. The predicted molar refractivity (Wildman–Crippen MR) is 47.6 cm³/mol. The molecule has 2 rings (SSSR count). The van der Waals surface area contributed by atoms with Crippen molar-refractivity contribution in [3.05, 3.63) is 28.4 Å². The lowest BCUT2D eigenvalue weighted by Gasteiger charge is -2.00. The summed E-state index contributed by atoms with van der Waals surface area (Å²) in [5, 5.41) is 0. The van der Waals surface area contributed by atoms with Gasteiger partial charge in [-0.1, -0.05) is 0 Å². The molecular formula is C8H7BrN2. The van der Waals surface area contributed by atoms with Gasteiger partial charge in [0.15, 0.2) is 0 Å². The number of pyridine rings is 1. The van der Waals surface area contributed by atoms with Gasteiger partial charge in [-0.15, -0.1) is 0 Å². The lowest BCUT2D eigenvalue weighted by atomic mass is 10.2. The van der Waals surface area contributed by atoms with Crippen LogP contribution >= 0.6 is 15.9 Å². The molecule has 2 aliphatic rings. The minimum absolute atomic E-state index is 0.133. The monoisotopic (exact) mass is 216 g/mol. The van der Waals surface area contributed by atoms with E-state index in [-0.39, 0.29) is 39.8 Å². The van der Waals surface area contributed by atoms with Crippen LogP contribution in [0.15, 0.2) is 22.9 Å². The van der Waals surface area contributed by atoms with Gasteiger partial charge < -0.3 is 4.98 Å². The average Bonchev–Trinajstić information content (AvgIpc) is 2.50. The molecule has 1 N–H and O–H groups in total. The van der Waals surface area contributed by atoms with Gasteiger partial charge in [0.1, 0.15) is 5.82 Å². The highest BCUT2D eigenvalue weighted by Crippen LogP contribution is 2.29. The maximum absolute atomic E-state index is 7.60. The molecule has 0 aromatic rings. The molecule has 0 aromatic carbocycles. The van der Waals surface area contributed by atoms with Crippen molar-refractivity contribution in [2.24, 2.45) is 0 Å². The first-order valence-corrected chi connectivity index (χ1v) is 3.68. The van der Waals surface area contributed by atoms with E-state index in [1.807, 2.05) is 0 Å². The molecule has 0 saturated heterocycles. The largest absolute Gasteiger partial charge is 0.346 e. The van der Waals surface area contributed by atoms with Gasteiger partial charge in [-0.3, -0.25) is 0 Å². The third-order valence-corrected chi connectivity index (χ3v) is 1.93. The maximum atomic E-state index is 7.60. The molecule has 3 heteroatoms. The second kappa shape index (κ2) is 2.34. The van der Waals surface area contributed by atoms with Crippen LogP contribution in [-0.4, -0.2) is 9.97 Å². The van der Waals surface area contributed by atoms with Crippen molar-refractivity contribution in [3.63, 3.8) is 0 Å². The van der Waals surface area contributed by atoms with E-state index in [2.05, 4.69) is 25.9 Å². The number of nitrogens with one attached hydrogen (secondary N) is 1. The van der Waals surface area contributed by atoms with Gasteiger partial charge in [-0.25, -0.2) is 4.98 Å². The smallest absolute Gasteiger partial charge is 0.138 e. The Morgan fingerprint density at radius 1 is 1.82 bits per heavy atom. The number of nitrogens with zero attached hydrogens (tertiary/aromatic N) is 1.